The molecule has 0 radical (unpaired) electrons. The Morgan fingerprint density at radius 1 is 0.913 bits per heavy atom. The molecule has 0 fully saturated rings. The molecule has 0 aliphatic heterocycles. The maximum Gasteiger partial charge on any atom is 0.264 e. The molecule has 0 saturated heterocycles. The molecule has 0 spiro atoms. The number of amides is 2. The zero-order chi connectivity index (χ0) is 34.2. The van der Waals surface area contributed by atoms with Crippen LogP contribution >= 0.6 is 23.2 Å². The Bertz CT molecular complexity index is 1630. The third kappa shape index (κ3) is 9.20. The molecule has 0 bridgehead atoms. The summed E-state index contributed by atoms with van der Waals surface area (Å²) in [6, 6.07) is 14.4. The summed E-state index contributed by atoms with van der Waals surface area (Å²) in [5, 5.41) is 3.65. The fourth-order valence-electron chi connectivity index (χ4n) is 4.71. The van der Waals surface area contributed by atoms with Gasteiger partial charge in [0.15, 0.2) is 11.5 Å². The van der Waals surface area contributed by atoms with E-state index in [0.717, 1.165) is 4.31 Å². The molecular formula is C33H41Cl2N3O7S. The number of benzene rings is 3. The lowest BCUT2D eigenvalue weighted by atomic mass is 10.1. The van der Waals surface area contributed by atoms with Crippen LogP contribution in [0.15, 0.2) is 65.6 Å². The highest BCUT2D eigenvalue weighted by atomic mass is 35.5. The number of ether oxygens (including phenoxy) is 3. The number of carbonyl (C=O) groups is 2. The van der Waals surface area contributed by atoms with Crippen LogP contribution in [0.4, 0.5) is 5.69 Å². The molecule has 0 aromatic heterocycles. The first-order valence-corrected chi connectivity index (χ1v) is 16.9. The molecule has 1 atom stereocenters. The number of carbonyl (C=O) groups excluding carboxylic acids is 2. The van der Waals surface area contributed by atoms with Crippen molar-refractivity contribution < 1.29 is 32.2 Å². The SMILES string of the molecule is CCOc1ccc(N(CC(=O)N(Cc2ccc(Cl)cc2Cl)C(CC)C(=O)NC(C)(C)C)S(=O)(=O)c2ccc(OC)c(OC)c2)cc1. The van der Waals surface area contributed by atoms with E-state index in [-0.39, 0.29) is 35.2 Å². The lowest BCUT2D eigenvalue weighted by molar-refractivity contribution is -0.141. The van der Waals surface area contributed by atoms with Crippen molar-refractivity contribution in [3.63, 3.8) is 0 Å². The Morgan fingerprint density at radius 3 is 2.11 bits per heavy atom. The van der Waals surface area contributed by atoms with Crippen LogP contribution in [0.25, 0.3) is 0 Å². The maximum absolute atomic E-state index is 14.4. The molecule has 0 aliphatic rings. The summed E-state index contributed by atoms with van der Waals surface area (Å²) in [5.74, 6) is 0.0610. The third-order valence-electron chi connectivity index (χ3n) is 6.90. The minimum atomic E-state index is -4.37. The third-order valence-corrected chi connectivity index (χ3v) is 9.25. The van der Waals surface area contributed by atoms with Crippen LogP contribution in [0.3, 0.4) is 0 Å². The Hall–Kier alpha value is -3.67. The molecule has 0 heterocycles. The van der Waals surface area contributed by atoms with E-state index < -0.39 is 34.1 Å². The van der Waals surface area contributed by atoms with Crippen molar-refractivity contribution in [2.75, 3.05) is 31.7 Å². The molecule has 3 aromatic rings. The molecule has 0 saturated carbocycles. The molecule has 46 heavy (non-hydrogen) atoms. The van der Waals surface area contributed by atoms with Gasteiger partial charge in [-0.15, -0.1) is 0 Å². The number of hydrogen-bond donors (Lipinski definition) is 1. The largest absolute Gasteiger partial charge is 0.494 e. The van der Waals surface area contributed by atoms with Gasteiger partial charge in [0, 0.05) is 28.2 Å². The molecule has 3 aromatic carbocycles. The van der Waals surface area contributed by atoms with Gasteiger partial charge in [0.05, 0.1) is 31.4 Å². The first kappa shape index (κ1) is 36.8. The van der Waals surface area contributed by atoms with Crippen molar-refractivity contribution in [3.8, 4) is 17.2 Å². The predicted octanol–water partition coefficient (Wildman–Crippen LogP) is 6.33. The van der Waals surface area contributed by atoms with Crippen LogP contribution in [0, 0.1) is 0 Å². The average Bonchev–Trinajstić information content (AvgIpc) is 3.00. The monoisotopic (exact) mass is 693 g/mol. The van der Waals surface area contributed by atoms with E-state index in [1.54, 1.807) is 49.4 Å². The Morgan fingerprint density at radius 2 is 1.57 bits per heavy atom. The van der Waals surface area contributed by atoms with Crippen LogP contribution < -0.4 is 23.8 Å². The summed E-state index contributed by atoms with van der Waals surface area (Å²) in [7, 11) is -1.53. The predicted molar refractivity (Wildman–Crippen MR) is 181 cm³/mol. The summed E-state index contributed by atoms with van der Waals surface area (Å²) in [6.45, 7) is 8.84. The normalized spacial score (nSPS) is 12.2. The van der Waals surface area contributed by atoms with E-state index in [9.17, 15) is 18.0 Å². The molecular weight excluding hydrogens is 653 g/mol. The van der Waals surface area contributed by atoms with Crippen LogP contribution in [-0.2, 0) is 26.2 Å². The molecule has 1 unspecified atom stereocenters. The van der Waals surface area contributed by atoms with Gasteiger partial charge in [-0.3, -0.25) is 13.9 Å². The summed E-state index contributed by atoms with van der Waals surface area (Å²) in [4.78, 5) is 29.1. The van der Waals surface area contributed by atoms with Crippen molar-refractivity contribution in [2.24, 2.45) is 0 Å². The van der Waals surface area contributed by atoms with Crippen molar-refractivity contribution >= 4 is 50.7 Å². The van der Waals surface area contributed by atoms with Crippen molar-refractivity contribution in [3.05, 3.63) is 76.3 Å². The standard InChI is InChI=1S/C33H41Cl2N3O7S/c1-8-28(32(40)36-33(3,4)5)37(20-22-10-11-23(34)18-27(22)35)31(39)21-38(24-12-14-25(15-13-24)45-9-2)46(41,42)26-16-17-29(43-6)30(19-26)44-7/h10-19,28H,8-9,20-21H2,1-7H3,(H,36,40). The fraction of sp³-hybridized carbons (Fsp3) is 0.394. The minimum Gasteiger partial charge on any atom is -0.494 e. The van der Waals surface area contributed by atoms with Gasteiger partial charge >= 0.3 is 0 Å². The molecule has 0 aliphatic carbocycles. The Balaban J connectivity index is 2.15. The number of nitrogens with one attached hydrogen (secondary N) is 1. The molecule has 1 N–H and O–H groups in total. The van der Waals surface area contributed by atoms with Crippen LogP contribution in [0.1, 0.15) is 46.6 Å². The summed E-state index contributed by atoms with van der Waals surface area (Å²) < 4.78 is 45.8. The van der Waals surface area contributed by atoms with Gasteiger partial charge in [-0.1, -0.05) is 36.2 Å². The topological polar surface area (TPSA) is 114 Å². The highest BCUT2D eigenvalue weighted by Crippen LogP contribution is 2.33. The molecule has 10 nitrogen and oxygen atoms in total. The fourth-order valence-corrected chi connectivity index (χ4v) is 6.61. The average molecular weight is 695 g/mol. The zero-order valence-corrected chi connectivity index (χ0v) is 29.4. The van der Waals surface area contributed by atoms with Crippen LogP contribution in [0.2, 0.25) is 10.0 Å². The second-order valence-corrected chi connectivity index (χ2v) is 14.1. The van der Waals surface area contributed by atoms with Gasteiger partial charge in [0.2, 0.25) is 11.8 Å². The smallest absolute Gasteiger partial charge is 0.264 e. The number of methoxy groups -OCH3 is 2. The minimum absolute atomic E-state index is 0.0710. The van der Waals surface area contributed by atoms with E-state index in [2.05, 4.69) is 5.32 Å². The van der Waals surface area contributed by atoms with E-state index in [1.807, 2.05) is 27.7 Å². The highest BCUT2D eigenvalue weighted by molar-refractivity contribution is 7.92. The molecule has 2 amide bonds. The van der Waals surface area contributed by atoms with E-state index in [1.165, 1.54) is 37.3 Å². The summed E-state index contributed by atoms with van der Waals surface area (Å²) in [5.41, 5.74) is 0.169. The number of hydrogen-bond acceptors (Lipinski definition) is 7. The second kappa shape index (κ2) is 15.8. The summed E-state index contributed by atoms with van der Waals surface area (Å²) in [6.07, 6.45) is 0.254. The number of rotatable bonds is 14. The second-order valence-electron chi connectivity index (χ2n) is 11.4. The van der Waals surface area contributed by atoms with Gasteiger partial charge in [0.1, 0.15) is 18.3 Å². The lowest BCUT2D eigenvalue weighted by Crippen LogP contribution is -2.55. The van der Waals surface area contributed by atoms with Crippen molar-refractivity contribution in [1.82, 2.24) is 10.2 Å². The number of halogens is 2. The Kier molecular flexibility index (Phi) is 12.6. The van der Waals surface area contributed by atoms with Gasteiger partial charge < -0.3 is 24.4 Å². The van der Waals surface area contributed by atoms with Crippen LogP contribution in [-0.4, -0.2) is 64.1 Å². The highest BCUT2D eigenvalue weighted by Gasteiger charge is 2.35. The van der Waals surface area contributed by atoms with Crippen molar-refractivity contribution in [1.29, 1.82) is 0 Å². The number of anilines is 1. The van der Waals surface area contributed by atoms with E-state index in [4.69, 9.17) is 37.4 Å². The lowest BCUT2D eigenvalue weighted by Gasteiger charge is -2.35. The van der Waals surface area contributed by atoms with Gasteiger partial charge in [-0.05, 0) is 88.2 Å². The maximum atomic E-state index is 14.4. The Labute approximate surface area is 281 Å². The quantitative estimate of drug-likeness (QED) is 0.210. The van der Waals surface area contributed by atoms with Crippen LogP contribution in [0.5, 0.6) is 17.2 Å². The van der Waals surface area contributed by atoms with Gasteiger partial charge in [-0.25, -0.2) is 8.42 Å². The molecule has 250 valence electrons. The first-order chi connectivity index (χ1) is 21.6. The zero-order valence-electron chi connectivity index (χ0n) is 27.1. The van der Waals surface area contributed by atoms with Gasteiger partial charge in [-0.2, -0.15) is 0 Å². The number of nitrogens with zero attached hydrogens (tertiary/aromatic N) is 2. The first-order valence-electron chi connectivity index (χ1n) is 14.7. The van der Waals surface area contributed by atoms with E-state index in [0.29, 0.717) is 33.7 Å². The molecule has 13 heteroatoms. The van der Waals surface area contributed by atoms with Crippen molar-refractivity contribution in [2.45, 2.75) is 64.1 Å². The number of sulfonamides is 1. The molecule has 3 rings (SSSR count). The van der Waals surface area contributed by atoms with Gasteiger partial charge in [0.25, 0.3) is 10.0 Å². The van der Waals surface area contributed by atoms with E-state index >= 15 is 0 Å². The summed E-state index contributed by atoms with van der Waals surface area (Å²) >= 11 is 12.6.